The van der Waals surface area contributed by atoms with E-state index < -0.39 is 15.4 Å². The van der Waals surface area contributed by atoms with Gasteiger partial charge in [0.15, 0.2) is 9.84 Å². The minimum atomic E-state index is -2.85. The van der Waals surface area contributed by atoms with Crippen LogP contribution < -0.4 is 11.1 Å². The molecule has 3 rings (SSSR count). The van der Waals surface area contributed by atoms with Crippen molar-refractivity contribution < 1.29 is 13.2 Å². The number of nitrogens with two attached hydrogens (primary N) is 1. The van der Waals surface area contributed by atoms with Crippen LogP contribution >= 0.6 is 0 Å². The summed E-state index contributed by atoms with van der Waals surface area (Å²) in [7, 11) is -2.85. The van der Waals surface area contributed by atoms with Crippen LogP contribution in [0, 0.1) is 0 Å². The molecule has 0 aromatic carbocycles. The van der Waals surface area contributed by atoms with Crippen LogP contribution in [0.3, 0.4) is 0 Å². The smallest absolute Gasteiger partial charge is 0.237 e. The number of amides is 1. The summed E-state index contributed by atoms with van der Waals surface area (Å²) in [6.07, 6.45) is 4.66. The van der Waals surface area contributed by atoms with Gasteiger partial charge in [0.05, 0.1) is 17.0 Å². The van der Waals surface area contributed by atoms with E-state index in [-0.39, 0.29) is 23.5 Å². The summed E-state index contributed by atoms with van der Waals surface area (Å²) in [5, 5.41) is 3.43. The predicted molar refractivity (Wildman–Crippen MR) is 75.9 cm³/mol. The molecule has 3 N–H and O–H groups in total. The Hall–Kier alpha value is -0.660. The van der Waals surface area contributed by atoms with Gasteiger partial charge in [0, 0.05) is 25.2 Å². The molecule has 2 atom stereocenters. The highest BCUT2D eigenvalue weighted by molar-refractivity contribution is 7.91. The fraction of sp³-hybridized carbons (Fsp3) is 0.923. The van der Waals surface area contributed by atoms with Gasteiger partial charge in [-0.25, -0.2) is 8.42 Å². The van der Waals surface area contributed by atoms with Gasteiger partial charge in [-0.15, -0.1) is 0 Å². The van der Waals surface area contributed by atoms with E-state index >= 15 is 0 Å². The van der Waals surface area contributed by atoms with Gasteiger partial charge in [-0.05, 0) is 32.1 Å². The Morgan fingerprint density at radius 2 is 1.85 bits per heavy atom. The van der Waals surface area contributed by atoms with Gasteiger partial charge in [0.1, 0.15) is 0 Å². The Morgan fingerprint density at radius 1 is 1.20 bits per heavy atom. The van der Waals surface area contributed by atoms with E-state index in [1.54, 1.807) is 0 Å². The number of primary amides is 1. The molecule has 2 unspecified atom stereocenters. The first-order valence-electron chi connectivity index (χ1n) is 7.42. The molecule has 7 heteroatoms. The lowest BCUT2D eigenvalue weighted by atomic mass is 9.96. The van der Waals surface area contributed by atoms with Gasteiger partial charge in [-0.2, -0.15) is 0 Å². The van der Waals surface area contributed by atoms with E-state index in [0.29, 0.717) is 19.1 Å². The Bertz CT molecular complexity index is 489. The lowest BCUT2D eigenvalue weighted by molar-refractivity contribution is -0.124. The highest BCUT2D eigenvalue weighted by Crippen LogP contribution is 2.36. The summed E-state index contributed by atoms with van der Waals surface area (Å²) in [5.74, 6) is 0.225. The number of sulfone groups is 1. The van der Waals surface area contributed by atoms with Crippen LogP contribution in [-0.4, -0.2) is 61.4 Å². The third-order valence-corrected chi connectivity index (χ3v) is 6.52. The molecule has 0 aromatic heterocycles. The molecule has 1 aliphatic heterocycles. The summed E-state index contributed by atoms with van der Waals surface area (Å²) in [6, 6.07) is 0.729. The number of rotatable bonds is 4. The van der Waals surface area contributed by atoms with Crippen LogP contribution in [0.25, 0.3) is 0 Å². The summed E-state index contributed by atoms with van der Waals surface area (Å²) in [6.45, 7) is 1.18. The van der Waals surface area contributed by atoms with Gasteiger partial charge in [0.2, 0.25) is 5.91 Å². The maximum absolute atomic E-state index is 11.9. The maximum atomic E-state index is 11.9. The van der Waals surface area contributed by atoms with E-state index in [1.165, 1.54) is 0 Å². The molecule has 6 nitrogen and oxygen atoms in total. The van der Waals surface area contributed by atoms with Crippen LogP contribution in [-0.2, 0) is 14.6 Å². The average Bonchev–Trinajstić information content (AvgIpc) is 3.07. The molecule has 1 amide bonds. The zero-order chi connectivity index (χ0) is 14.4. The molecule has 0 spiro atoms. The molecule has 3 fully saturated rings. The lowest BCUT2D eigenvalue weighted by Gasteiger charge is -2.34. The lowest BCUT2D eigenvalue weighted by Crippen LogP contribution is -2.56. The predicted octanol–water partition coefficient (Wildman–Crippen LogP) is -0.755. The first-order valence-corrected chi connectivity index (χ1v) is 9.24. The SMILES string of the molecule is NC(=O)C1(NC2CC2)CCC(N2CCS(=O)(=O)CC2)C1. The topological polar surface area (TPSA) is 92.5 Å². The quantitative estimate of drug-likeness (QED) is 0.712. The van der Waals surface area contributed by atoms with Gasteiger partial charge >= 0.3 is 0 Å². The van der Waals surface area contributed by atoms with Crippen LogP contribution in [0.1, 0.15) is 32.1 Å². The molecule has 2 aliphatic carbocycles. The van der Waals surface area contributed by atoms with E-state index in [9.17, 15) is 13.2 Å². The second-order valence-corrected chi connectivity index (χ2v) is 8.75. The highest BCUT2D eigenvalue weighted by Gasteiger charge is 2.48. The van der Waals surface area contributed by atoms with Crippen molar-refractivity contribution >= 4 is 15.7 Å². The second-order valence-electron chi connectivity index (χ2n) is 6.45. The number of hydrogen-bond donors (Lipinski definition) is 2. The number of nitrogens with zero attached hydrogens (tertiary/aromatic N) is 1. The molecule has 20 heavy (non-hydrogen) atoms. The molecular formula is C13H23N3O3S. The molecule has 1 saturated heterocycles. The fourth-order valence-electron chi connectivity index (χ4n) is 3.47. The summed E-state index contributed by atoms with van der Waals surface area (Å²) < 4.78 is 23.0. The standard InChI is InChI=1S/C13H23N3O3S/c14-12(17)13(15-10-1-2-10)4-3-11(9-13)16-5-7-20(18,19)8-6-16/h10-11,15H,1-9H2,(H2,14,17). The highest BCUT2D eigenvalue weighted by atomic mass is 32.2. The molecule has 114 valence electrons. The molecule has 3 aliphatic rings. The summed E-state index contributed by atoms with van der Waals surface area (Å²) in [4.78, 5) is 14.1. The van der Waals surface area contributed by atoms with Gasteiger partial charge in [-0.3, -0.25) is 9.69 Å². The molecule has 0 bridgehead atoms. The van der Waals surface area contributed by atoms with E-state index in [0.717, 1.165) is 32.1 Å². The van der Waals surface area contributed by atoms with Crippen molar-refractivity contribution in [1.82, 2.24) is 10.2 Å². The first kappa shape index (κ1) is 14.3. The van der Waals surface area contributed by atoms with E-state index in [4.69, 9.17) is 5.73 Å². The van der Waals surface area contributed by atoms with Crippen molar-refractivity contribution in [3.63, 3.8) is 0 Å². The Balaban J connectivity index is 1.64. The van der Waals surface area contributed by atoms with Crippen LogP contribution in [0.2, 0.25) is 0 Å². The fourth-order valence-corrected chi connectivity index (χ4v) is 4.70. The maximum Gasteiger partial charge on any atom is 0.237 e. The Morgan fingerprint density at radius 3 is 2.40 bits per heavy atom. The van der Waals surface area contributed by atoms with Crippen LogP contribution in [0.15, 0.2) is 0 Å². The minimum Gasteiger partial charge on any atom is -0.368 e. The molecule has 0 radical (unpaired) electrons. The number of hydrogen-bond acceptors (Lipinski definition) is 5. The van der Waals surface area contributed by atoms with Gasteiger partial charge in [0.25, 0.3) is 0 Å². The van der Waals surface area contributed by atoms with Crippen LogP contribution in [0.4, 0.5) is 0 Å². The molecular weight excluding hydrogens is 278 g/mol. The Labute approximate surface area is 120 Å². The molecule has 0 aromatic rings. The van der Waals surface area contributed by atoms with Gasteiger partial charge in [-0.1, -0.05) is 0 Å². The van der Waals surface area contributed by atoms with E-state index in [2.05, 4.69) is 10.2 Å². The van der Waals surface area contributed by atoms with Crippen molar-refractivity contribution in [2.75, 3.05) is 24.6 Å². The monoisotopic (exact) mass is 301 g/mol. The third kappa shape index (κ3) is 2.84. The van der Waals surface area contributed by atoms with E-state index in [1.807, 2.05) is 0 Å². The van der Waals surface area contributed by atoms with Crippen molar-refractivity contribution in [3.05, 3.63) is 0 Å². The Kier molecular flexibility index (Phi) is 3.54. The van der Waals surface area contributed by atoms with Crippen molar-refractivity contribution in [1.29, 1.82) is 0 Å². The first-order chi connectivity index (χ1) is 9.40. The zero-order valence-electron chi connectivity index (χ0n) is 11.7. The van der Waals surface area contributed by atoms with Crippen LogP contribution in [0.5, 0.6) is 0 Å². The largest absolute Gasteiger partial charge is 0.368 e. The second kappa shape index (κ2) is 4.96. The zero-order valence-corrected chi connectivity index (χ0v) is 12.5. The number of carbonyl (C=O) groups excluding carboxylic acids is 1. The van der Waals surface area contributed by atoms with Crippen molar-refractivity contribution in [2.24, 2.45) is 5.73 Å². The molecule has 1 heterocycles. The summed E-state index contributed by atoms with van der Waals surface area (Å²) in [5.41, 5.74) is 5.06. The average molecular weight is 301 g/mol. The van der Waals surface area contributed by atoms with Gasteiger partial charge < -0.3 is 11.1 Å². The van der Waals surface area contributed by atoms with Crippen molar-refractivity contribution in [3.8, 4) is 0 Å². The number of nitrogens with one attached hydrogen (secondary N) is 1. The normalized spacial score (nSPS) is 37.9. The summed E-state index contributed by atoms with van der Waals surface area (Å²) >= 11 is 0. The third-order valence-electron chi connectivity index (χ3n) is 4.91. The van der Waals surface area contributed by atoms with Crippen molar-refractivity contribution in [2.45, 2.75) is 49.7 Å². The minimum absolute atomic E-state index is 0.239. The number of carbonyl (C=O) groups is 1. The molecule has 2 saturated carbocycles.